The van der Waals surface area contributed by atoms with Crippen molar-refractivity contribution in [2.75, 3.05) is 0 Å². The topological polar surface area (TPSA) is 197 Å². The Labute approximate surface area is 323 Å². The average molecular weight is 755 g/mol. The van der Waals surface area contributed by atoms with E-state index in [1.807, 2.05) is 0 Å². The van der Waals surface area contributed by atoms with Crippen LogP contribution in [0.3, 0.4) is 0 Å². The number of ketones is 2. The molecule has 2 amide bonds. The van der Waals surface area contributed by atoms with Crippen LogP contribution in [0.15, 0.2) is 96.7 Å². The van der Waals surface area contributed by atoms with Gasteiger partial charge in [-0.05, 0) is 72.2 Å². The molecule has 2 aliphatic rings. The number of phenols is 2. The number of benzene rings is 4. The van der Waals surface area contributed by atoms with E-state index in [1.165, 1.54) is 12.4 Å². The number of hydrogen-bond acceptors (Lipinski definition) is 10. The van der Waals surface area contributed by atoms with Crippen molar-refractivity contribution in [1.82, 2.24) is 21.7 Å². The highest BCUT2D eigenvalue weighted by Crippen LogP contribution is 2.53. The van der Waals surface area contributed by atoms with Gasteiger partial charge in [-0.2, -0.15) is 0 Å². The molecule has 2 aliphatic carbocycles. The van der Waals surface area contributed by atoms with Crippen molar-refractivity contribution in [2.45, 2.75) is 41.5 Å². The van der Waals surface area contributed by atoms with Gasteiger partial charge in [-0.3, -0.25) is 30.0 Å². The molecule has 0 fully saturated rings. The van der Waals surface area contributed by atoms with Crippen LogP contribution in [-0.2, 0) is 9.59 Å². The summed E-state index contributed by atoms with van der Waals surface area (Å²) in [6.45, 7) is 10.6. The van der Waals surface area contributed by atoms with Gasteiger partial charge in [0.15, 0.2) is 11.5 Å². The van der Waals surface area contributed by atoms with E-state index in [2.05, 4.69) is 21.7 Å². The van der Waals surface area contributed by atoms with Crippen LogP contribution in [0.2, 0.25) is 0 Å². The standard InChI is InChI=1S/C44H42N4O8/c1-21(2)31-27-17-23(5)33(39(51)35(27)29(37(49)41(31)53)19-45-47-43(55)25-13-9-7-10-14-25)34-24(6)18-28-32(22(3)4)42(54)38(50)30(36(28)40(34)52)20-46-48-44(56)26-15-11-8-12-16-26/h7-22,45-46,51-54H,1-6H3,(H,47,55)(H,48,56)/b29-19-,30-20+. The third-order valence-electron chi connectivity index (χ3n) is 9.83. The minimum Gasteiger partial charge on any atom is -0.507 e. The van der Waals surface area contributed by atoms with Crippen LogP contribution in [0.4, 0.5) is 0 Å². The molecule has 0 spiro atoms. The lowest BCUT2D eigenvalue weighted by atomic mass is 9.75. The first kappa shape index (κ1) is 38.6. The predicted octanol–water partition coefficient (Wildman–Crippen LogP) is 6.95. The molecule has 0 heterocycles. The number of aliphatic hydroxyl groups excluding tert-OH is 2. The summed E-state index contributed by atoms with van der Waals surface area (Å²) in [7, 11) is 0. The Morgan fingerprint density at radius 1 is 0.554 bits per heavy atom. The highest BCUT2D eigenvalue weighted by Gasteiger charge is 2.38. The number of rotatable bonds is 9. The first-order valence-electron chi connectivity index (χ1n) is 18.0. The van der Waals surface area contributed by atoms with E-state index < -0.39 is 46.4 Å². The van der Waals surface area contributed by atoms with E-state index >= 15 is 0 Å². The van der Waals surface area contributed by atoms with Crippen LogP contribution in [0, 0.1) is 25.7 Å². The maximum absolute atomic E-state index is 13.8. The van der Waals surface area contributed by atoms with Crippen LogP contribution in [0.1, 0.15) is 81.8 Å². The lowest BCUT2D eigenvalue weighted by Crippen LogP contribution is -2.34. The average Bonchev–Trinajstić information content (AvgIpc) is 3.16. The number of hydrogen-bond donors (Lipinski definition) is 8. The third-order valence-corrected chi connectivity index (χ3v) is 9.83. The molecule has 12 heteroatoms. The fraction of sp³-hybridized carbons (Fsp3) is 0.182. The summed E-state index contributed by atoms with van der Waals surface area (Å²) >= 11 is 0. The van der Waals surface area contributed by atoms with Gasteiger partial charge in [-0.1, -0.05) is 76.2 Å². The summed E-state index contributed by atoms with van der Waals surface area (Å²) in [5.74, 6) is -5.12. The van der Waals surface area contributed by atoms with Gasteiger partial charge in [-0.25, -0.2) is 0 Å². The van der Waals surface area contributed by atoms with Crippen molar-refractivity contribution in [1.29, 1.82) is 0 Å². The normalized spacial score (nSPS) is 15.4. The quantitative estimate of drug-likeness (QED) is 0.0654. The zero-order valence-corrected chi connectivity index (χ0v) is 31.7. The molecular weight excluding hydrogens is 713 g/mol. The van der Waals surface area contributed by atoms with E-state index in [9.17, 15) is 39.6 Å². The summed E-state index contributed by atoms with van der Waals surface area (Å²) in [6, 6.07) is 20.1. The number of aromatic hydroxyl groups is 2. The summed E-state index contributed by atoms with van der Waals surface area (Å²) in [6.07, 6.45) is 2.37. The number of hydrazine groups is 2. The van der Waals surface area contributed by atoms with Crippen LogP contribution in [0.5, 0.6) is 11.5 Å². The Balaban J connectivity index is 1.52. The van der Waals surface area contributed by atoms with Crippen molar-refractivity contribution in [3.05, 3.63) is 141 Å². The van der Waals surface area contributed by atoms with Crippen molar-refractivity contribution in [3.8, 4) is 22.6 Å². The van der Waals surface area contributed by atoms with E-state index in [1.54, 1.807) is 114 Å². The Hall–Kier alpha value is -7.08. The second-order valence-corrected chi connectivity index (χ2v) is 14.2. The lowest BCUT2D eigenvalue weighted by Gasteiger charge is -2.29. The van der Waals surface area contributed by atoms with E-state index in [-0.39, 0.29) is 45.2 Å². The molecule has 0 saturated heterocycles. The van der Waals surface area contributed by atoms with E-state index in [4.69, 9.17) is 0 Å². The van der Waals surface area contributed by atoms with Gasteiger partial charge in [0.1, 0.15) is 11.5 Å². The number of aryl methyl sites for hydroxylation is 2. The molecule has 286 valence electrons. The number of nitrogens with one attached hydrogen (secondary N) is 4. The molecule has 8 N–H and O–H groups in total. The molecule has 4 aromatic rings. The predicted molar refractivity (Wildman–Crippen MR) is 214 cm³/mol. The monoisotopic (exact) mass is 754 g/mol. The summed E-state index contributed by atoms with van der Waals surface area (Å²) in [5, 5.41) is 46.9. The van der Waals surface area contributed by atoms with E-state index in [0.29, 0.717) is 44.5 Å². The molecule has 0 radical (unpaired) electrons. The minimum atomic E-state index is -0.805. The summed E-state index contributed by atoms with van der Waals surface area (Å²) < 4.78 is 0. The van der Waals surface area contributed by atoms with E-state index in [0.717, 1.165) is 0 Å². The molecule has 6 rings (SSSR count). The van der Waals surface area contributed by atoms with Gasteiger partial charge in [0.05, 0.1) is 11.1 Å². The first-order chi connectivity index (χ1) is 26.6. The minimum absolute atomic E-state index is 0.0487. The zero-order chi connectivity index (χ0) is 40.6. The number of carbonyl (C=O) groups excluding carboxylic acids is 4. The molecular formula is C44H42N4O8. The third kappa shape index (κ3) is 6.77. The maximum Gasteiger partial charge on any atom is 0.269 e. The summed E-state index contributed by atoms with van der Waals surface area (Å²) in [4.78, 5) is 53.1. The van der Waals surface area contributed by atoms with Gasteiger partial charge in [0.25, 0.3) is 11.8 Å². The largest absolute Gasteiger partial charge is 0.507 e. The number of amides is 2. The van der Waals surface area contributed by atoms with Gasteiger partial charge < -0.3 is 31.3 Å². The molecule has 0 atom stereocenters. The Bertz CT molecular complexity index is 2270. The molecule has 0 unspecified atom stereocenters. The van der Waals surface area contributed by atoms with Gasteiger partial charge in [-0.15, -0.1) is 0 Å². The molecule has 0 aliphatic heterocycles. The first-order valence-corrected chi connectivity index (χ1v) is 18.0. The molecule has 0 bridgehead atoms. The van der Waals surface area contributed by atoms with Gasteiger partial charge in [0, 0.05) is 56.9 Å². The second-order valence-electron chi connectivity index (χ2n) is 14.2. The van der Waals surface area contributed by atoms with Crippen molar-refractivity contribution in [3.63, 3.8) is 0 Å². The van der Waals surface area contributed by atoms with Crippen LogP contribution >= 0.6 is 0 Å². The van der Waals surface area contributed by atoms with Crippen molar-refractivity contribution >= 4 is 45.7 Å². The number of fused-ring (bicyclic) bond motifs is 2. The van der Waals surface area contributed by atoms with Crippen LogP contribution in [0.25, 0.3) is 33.4 Å². The number of allylic oxidation sites excluding steroid dienone is 4. The molecule has 12 nitrogen and oxygen atoms in total. The highest BCUT2D eigenvalue weighted by molar-refractivity contribution is 6.35. The van der Waals surface area contributed by atoms with Crippen molar-refractivity contribution < 1.29 is 39.6 Å². The van der Waals surface area contributed by atoms with Gasteiger partial charge in [0.2, 0.25) is 11.6 Å². The fourth-order valence-electron chi connectivity index (χ4n) is 7.30. The van der Waals surface area contributed by atoms with Crippen LogP contribution in [-0.4, -0.2) is 43.8 Å². The second kappa shape index (κ2) is 15.3. The highest BCUT2D eigenvalue weighted by atomic mass is 16.3. The smallest absolute Gasteiger partial charge is 0.269 e. The van der Waals surface area contributed by atoms with Crippen LogP contribution < -0.4 is 21.7 Å². The molecule has 56 heavy (non-hydrogen) atoms. The van der Waals surface area contributed by atoms with Gasteiger partial charge >= 0.3 is 0 Å². The number of phenolic OH excluding ortho intramolecular Hbond substituents is 2. The lowest BCUT2D eigenvalue weighted by molar-refractivity contribution is -0.113. The number of carbonyl (C=O) groups is 4. The van der Waals surface area contributed by atoms with Crippen molar-refractivity contribution in [2.24, 2.45) is 11.8 Å². The molecule has 0 saturated carbocycles. The zero-order valence-electron chi connectivity index (χ0n) is 31.7. The maximum atomic E-state index is 13.8. The Morgan fingerprint density at radius 3 is 1.21 bits per heavy atom. The molecule has 0 aromatic heterocycles. The summed E-state index contributed by atoms with van der Waals surface area (Å²) in [5.41, 5.74) is 13.3. The Morgan fingerprint density at radius 2 is 0.893 bits per heavy atom. The number of Topliss-reactive ketones (excluding diaryl/α,β-unsaturated/α-hetero) is 2. The Kier molecular flexibility index (Phi) is 10.6. The molecule has 4 aromatic carbocycles. The SMILES string of the molecule is Cc1cc2c(c(O)c1-c1c(C)cc3c(c1O)/C(=C\NNC(=O)c1ccccc1)C(=O)C(O)=C3C(C)C)/C(=C/NNC(=O)c1ccccc1)C(=O)C(O)=C2C(C)C. The number of aliphatic hydroxyl groups is 2. The fourth-order valence-corrected chi connectivity index (χ4v) is 7.30.